The van der Waals surface area contributed by atoms with Gasteiger partial charge in [-0.05, 0) is 12.3 Å². The van der Waals surface area contributed by atoms with Crippen molar-refractivity contribution < 1.29 is 4.79 Å². The van der Waals surface area contributed by atoms with Crippen molar-refractivity contribution in [3.63, 3.8) is 0 Å². The van der Waals surface area contributed by atoms with Crippen LogP contribution in [-0.2, 0) is 17.9 Å². The number of halogens is 2. The van der Waals surface area contributed by atoms with Gasteiger partial charge in [0.1, 0.15) is 0 Å². The summed E-state index contributed by atoms with van der Waals surface area (Å²) in [7, 11) is 0. The van der Waals surface area contributed by atoms with E-state index in [2.05, 4.69) is 28.6 Å². The first kappa shape index (κ1) is 21.4. The molecule has 1 atom stereocenters. The molecule has 0 bridgehead atoms. The molecular formula is C17H25Cl2N5O. The largest absolute Gasteiger partial charge is 0.332 e. The first-order chi connectivity index (χ1) is 11.1. The number of nitrogens with zero attached hydrogens (tertiary/aromatic N) is 4. The molecule has 25 heavy (non-hydrogen) atoms. The highest BCUT2D eigenvalue weighted by Crippen LogP contribution is 2.22. The van der Waals surface area contributed by atoms with Crippen LogP contribution in [0, 0.1) is 5.92 Å². The summed E-state index contributed by atoms with van der Waals surface area (Å²) < 4.78 is 2.09. The third-order valence-corrected chi connectivity index (χ3v) is 4.14. The van der Waals surface area contributed by atoms with Gasteiger partial charge in [0.25, 0.3) is 0 Å². The van der Waals surface area contributed by atoms with Gasteiger partial charge in [-0.15, -0.1) is 35.0 Å². The zero-order chi connectivity index (χ0) is 16.4. The molecular weight excluding hydrogens is 361 g/mol. The fourth-order valence-corrected chi connectivity index (χ4v) is 2.99. The average molecular weight is 386 g/mol. The van der Waals surface area contributed by atoms with Crippen LogP contribution in [0.25, 0.3) is 11.4 Å². The Balaban J connectivity index is 0.00000156. The fraction of sp³-hybridized carbons (Fsp3) is 0.471. The Morgan fingerprint density at radius 2 is 1.84 bits per heavy atom. The molecule has 0 saturated heterocycles. The average Bonchev–Trinajstić information content (AvgIpc) is 2.97. The minimum atomic E-state index is -0.432. The van der Waals surface area contributed by atoms with Gasteiger partial charge in [-0.1, -0.05) is 44.2 Å². The summed E-state index contributed by atoms with van der Waals surface area (Å²) in [5, 5.41) is 8.56. The molecule has 1 aliphatic heterocycles. The molecule has 0 radical (unpaired) electrons. The van der Waals surface area contributed by atoms with E-state index in [1.54, 1.807) is 4.90 Å². The molecule has 8 heteroatoms. The van der Waals surface area contributed by atoms with Crippen LogP contribution in [0.3, 0.4) is 0 Å². The van der Waals surface area contributed by atoms with Crippen LogP contribution in [0.1, 0.15) is 26.1 Å². The lowest BCUT2D eigenvalue weighted by atomic mass is 10.0. The molecule has 2 N–H and O–H groups in total. The van der Waals surface area contributed by atoms with Crippen molar-refractivity contribution in [2.45, 2.75) is 39.4 Å². The van der Waals surface area contributed by atoms with Crippen LogP contribution in [0.4, 0.5) is 0 Å². The van der Waals surface area contributed by atoms with E-state index in [-0.39, 0.29) is 30.7 Å². The smallest absolute Gasteiger partial charge is 0.239 e. The van der Waals surface area contributed by atoms with Crippen molar-refractivity contribution in [2.75, 3.05) is 6.54 Å². The maximum absolute atomic E-state index is 12.5. The van der Waals surface area contributed by atoms with E-state index in [4.69, 9.17) is 5.73 Å². The minimum Gasteiger partial charge on any atom is -0.332 e. The molecule has 6 nitrogen and oxygen atoms in total. The van der Waals surface area contributed by atoms with E-state index >= 15 is 0 Å². The number of hydrogen-bond donors (Lipinski definition) is 1. The Bertz CT molecular complexity index is 690. The van der Waals surface area contributed by atoms with Crippen LogP contribution in [-0.4, -0.2) is 38.2 Å². The van der Waals surface area contributed by atoms with Gasteiger partial charge in [0, 0.05) is 18.7 Å². The van der Waals surface area contributed by atoms with Gasteiger partial charge >= 0.3 is 0 Å². The highest BCUT2D eigenvalue weighted by Gasteiger charge is 2.28. The second-order valence-corrected chi connectivity index (χ2v) is 6.45. The van der Waals surface area contributed by atoms with E-state index in [0.717, 1.165) is 17.2 Å². The molecule has 3 rings (SSSR count). The van der Waals surface area contributed by atoms with E-state index in [0.29, 0.717) is 32.0 Å². The third-order valence-electron chi connectivity index (χ3n) is 4.14. The Kier molecular flexibility index (Phi) is 7.86. The summed E-state index contributed by atoms with van der Waals surface area (Å²) >= 11 is 0. The van der Waals surface area contributed by atoms with Crippen molar-refractivity contribution in [2.24, 2.45) is 11.7 Å². The van der Waals surface area contributed by atoms with E-state index in [1.807, 2.05) is 30.3 Å². The molecule has 1 amide bonds. The fourth-order valence-electron chi connectivity index (χ4n) is 2.99. The topological polar surface area (TPSA) is 77.0 Å². The SMILES string of the molecule is CC(C)C[C@H](N)C(=O)N1CCn2c(nnc2-c2ccccc2)C1.Cl.Cl. The number of rotatable bonds is 4. The lowest BCUT2D eigenvalue weighted by molar-refractivity contribution is -0.134. The summed E-state index contributed by atoms with van der Waals surface area (Å²) in [6.07, 6.45) is 0.706. The quantitative estimate of drug-likeness (QED) is 0.876. The Labute approximate surface area is 160 Å². The molecule has 2 heterocycles. The number of amides is 1. The number of hydrogen-bond acceptors (Lipinski definition) is 4. The van der Waals surface area contributed by atoms with E-state index in [1.165, 1.54) is 0 Å². The third kappa shape index (κ3) is 4.71. The second kappa shape index (κ2) is 9.17. The molecule has 0 unspecified atom stereocenters. The summed E-state index contributed by atoms with van der Waals surface area (Å²) in [6.45, 7) is 5.98. The number of benzene rings is 1. The zero-order valence-electron chi connectivity index (χ0n) is 14.5. The van der Waals surface area contributed by atoms with Crippen LogP contribution in [0.2, 0.25) is 0 Å². The molecule has 1 aliphatic rings. The first-order valence-electron chi connectivity index (χ1n) is 8.08. The molecule has 0 saturated carbocycles. The van der Waals surface area contributed by atoms with Gasteiger partial charge in [0.15, 0.2) is 11.6 Å². The van der Waals surface area contributed by atoms with E-state index in [9.17, 15) is 4.79 Å². The summed E-state index contributed by atoms with van der Waals surface area (Å²) in [5.74, 6) is 2.10. The zero-order valence-corrected chi connectivity index (χ0v) is 16.1. The van der Waals surface area contributed by atoms with Gasteiger partial charge in [-0.3, -0.25) is 4.79 Å². The summed E-state index contributed by atoms with van der Waals surface area (Å²) in [4.78, 5) is 14.3. The minimum absolute atomic E-state index is 0. The Morgan fingerprint density at radius 1 is 1.16 bits per heavy atom. The van der Waals surface area contributed by atoms with Gasteiger partial charge in [0.05, 0.1) is 12.6 Å². The first-order valence-corrected chi connectivity index (χ1v) is 8.08. The highest BCUT2D eigenvalue weighted by molar-refractivity contribution is 5.85. The molecule has 0 aliphatic carbocycles. The molecule has 2 aromatic rings. The standard InChI is InChI=1S/C17H23N5O.2ClH/c1-12(2)10-14(18)17(23)21-8-9-22-15(11-21)19-20-16(22)13-6-4-3-5-7-13;;/h3-7,12,14H,8-11,18H2,1-2H3;2*1H/t14-;;/m0../s1. The molecule has 1 aromatic carbocycles. The van der Waals surface area contributed by atoms with Gasteiger partial charge in [-0.2, -0.15) is 0 Å². The van der Waals surface area contributed by atoms with Crippen molar-refractivity contribution >= 4 is 30.7 Å². The van der Waals surface area contributed by atoms with Gasteiger partial charge < -0.3 is 15.2 Å². The number of aromatic nitrogens is 3. The molecule has 1 aromatic heterocycles. The summed E-state index contributed by atoms with van der Waals surface area (Å²) in [5.41, 5.74) is 7.08. The maximum Gasteiger partial charge on any atom is 0.239 e. The lowest BCUT2D eigenvalue weighted by Crippen LogP contribution is -2.47. The van der Waals surface area contributed by atoms with Crippen molar-refractivity contribution in [1.29, 1.82) is 0 Å². The van der Waals surface area contributed by atoms with Crippen molar-refractivity contribution in [3.8, 4) is 11.4 Å². The lowest BCUT2D eigenvalue weighted by Gasteiger charge is -2.30. The van der Waals surface area contributed by atoms with Crippen LogP contribution >= 0.6 is 24.8 Å². The Hall–Kier alpha value is -1.63. The Morgan fingerprint density at radius 3 is 2.48 bits per heavy atom. The normalized spacial score (nSPS) is 14.3. The van der Waals surface area contributed by atoms with Crippen LogP contribution in [0.15, 0.2) is 30.3 Å². The summed E-state index contributed by atoms with van der Waals surface area (Å²) in [6, 6.07) is 9.56. The number of carbonyl (C=O) groups is 1. The van der Waals surface area contributed by atoms with Gasteiger partial charge in [-0.25, -0.2) is 0 Å². The predicted octanol–water partition coefficient (Wildman–Crippen LogP) is 2.50. The van der Waals surface area contributed by atoms with Crippen molar-refractivity contribution in [1.82, 2.24) is 19.7 Å². The number of fused-ring (bicyclic) bond motifs is 1. The highest BCUT2D eigenvalue weighted by atomic mass is 35.5. The number of carbonyl (C=O) groups excluding carboxylic acids is 1. The predicted molar refractivity (Wildman–Crippen MR) is 103 cm³/mol. The molecule has 0 spiro atoms. The van der Waals surface area contributed by atoms with Crippen LogP contribution in [0.5, 0.6) is 0 Å². The maximum atomic E-state index is 12.5. The van der Waals surface area contributed by atoms with Crippen LogP contribution < -0.4 is 5.73 Å². The monoisotopic (exact) mass is 385 g/mol. The molecule has 0 fully saturated rings. The molecule has 138 valence electrons. The second-order valence-electron chi connectivity index (χ2n) is 6.45. The van der Waals surface area contributed by atoms with Crippen molar-refractivity contribution in [3.05, 3.63) is 36.2 Å². The van der Waals surface area contributed by atoms with Gasteiger partial charge in [0.2, 0.25) is 5.91 Å². The van der Waals surface area contributed by atoms with E-state index < -0.39 is 6.04 Å². The number of nitrogens with two attached hydrogens (primary N) is 1.